The third-order valence-corrected chi connectivity index (χ3v) is 3.36. The summed E-state index contributed by atoms with van der Waals surface area (Å²) in [6, 6.07) is 16.1. The molecule has 2 aromatic carbocycles. The Balaban J connectivity index is 1.86. The predicted octanol–water partition coefficient (Wildman–Crippen LogP) is 4.50. The number of benzene rings is 2. The maximum Gasteiger partial charge on any atom is 0.142 e. The molecule has 0 aliphatic heterocycles. The Morgan fingerprint density at radius 2 is 1.71 bits per heavy atom. The zero-order valence-corrected chi connectivity index (χ0v) is 14.7. The summed E-state index contributed by atoms with van der Waals surface area (Å²) in [5.74, 6) is 1.74. The molecule has 0 saturated carbocycles. The van der Waals surface area contributed by atoms with Crippen molar-refractivity contribution in [1.82, 2.24) is 0 Å². The summed E-state index contributed by atoms with van der Waals surface area (Å²) >= 11 is 0. The van der Waals surface area contributed by atoms with Gasteiger partial charge in [-0.3, -0.25) is 0 Å². The van der Waals surface area contributed by atoms with Crippen LogP contribution in [0.15, 0.2) is 48.5 Å². The van der Waals surface area contributed by atoms with Gasteiger partial charge in [0, 0.05) is 13.2 Å². The fraction of sp³-hybridized carbons (Fsp3) is 0.400. The fourth-order valence-corrected chi connectivity index (χ4v) is 2.23. The van der Waals surface area contributed by atoms with Crippen LogP contribution in [-0.2, 0) is 11.3 Å². The van der Waals surface area contributed by atoms with Crippen LogP contribution in [0, 0.1) is 0 Å². The molecule has 0 radical (unpaired) electrons. The van der Waals surface area contributed by atoms with Gasteiger partial charge in [0.05, 0.1) is 18.4 Å². The number of ether oxygens (including phenoxy) is 3. The van der Waals surface area contributed by atoms with Gasteiger partial charge in [0.25, 0.3) is 0 Å². The summed E-state index contributed by atoms with van der Waals surface area (Å²) in [5, 5.41) is 3.43. The van der Waals surface area contributed by atoms with E-state index in [1.54, 1.807) is 0 Å². The Bertz CT molecular complexity index is 596. The van der Waals surface area contributed by atoms with Gasteiger partial charge in [0.2, 0.25) is 0 Å². The van der Waals surface area contributed by atoms with E-state index in [1.807, 2.05) is 57.2 Å². The van der Waals surface area contributed by atoms with Crippen molar-refractivity contribution in [2.45, 2.75) is 33.4 Å². The maximum atomic E-state index is 5.82. The molecule has 0 unspecified atom stereocenters. The van der Waals surface area contributed by atoms with Crippen molar-refractivity contribution in [3.8, 4) is 11.5 Å². The summed E-state index contributed by atoms with van der Waals surface area (Å²) in [6.07, 6.45) is 0.154. The molecule has 0 saturated heterocycles. The summed E-state index contributed by atoms with van der Waals surface area (Å²) < 4.78 is 16.7. The number of hydrogen-bond donors (Lipinski definition) is 1. The van der Waals surface area contributed by atoms with Crippen LogP contribution >= 0.6 is 0 Å². The van der Waals surface area contributed by atoms with Crippen molar-refractivity contribution < 1.29 is 14.2 Å². The molecular weight excluding hydrogens is 302 g/mol. The van der Waals surface area contributed by atoms with E-state index in [0.29, 0.717) is 13.2 Å². The lowest BCUT2D eigenvalue weighted by atomic mass is 10.2. The van der Waals surface area contributed by atoms with Crippen LogP contribution < -0.4 is 14.8 Å². The van der Waals surface area contributed by atoms with E-state index >= 15 is 0 Å². The normalized spacial score (nSPS) is 10.7. The van der Waals surface area contributed by atoms with Gasteiger partial charge in [-0.05, 0) is 50.6 Å². The van der Waals surface area contributed by atoms with Crippen molar-refractivity contribution in [1.29, 1.82) is 0 Å². The summed E-state index contributed by atoms with van der Waals surface area (Å²) in [4.78, 5) is 0. The molecule has 2 aromatic rings. The predicted molar refractivity (Wildman–Crippen MR) is 98.0 cm³/mol. The standard InChI is InChI=1S/C20H27NO3/c1-4-22-13-14-23-18-11-9-17(10-12-18)15-21-19-7-5-6-8-20(19)24-16(2)3/h5-12,16,21H,4,13-15H2,1-3H3. The third-order valence-electron chi connectivity index (χ3n) is 3.36. The smallest absolute Gasteiger partial charge is 0.142 e. The van der Waals surface area contributed by atoms with Crippen LogP contribution in [0.25, 0.3) is 0 Å². The highest BCUT2D eigenvalue weighted by atomic mass is 16.5. The molecule has 0 aliphatic rings. The van der Waals surface area contributed by atoms with Gasteiger partial charge in [-0.25, -0.2) is 0 Å². The molecule has 1 N–H and O–H groups in total. The van der Waals surface area contributed by atoms with Gasteiger partial charge < -0.3 is 19.5 Å². The molecular formula is C20H27NO3. The lowest BCUT2D eigenvalue weighted by Crippen LogP contribution is -2.08. The van der Waals surface area contributed by atoms with Gasteiger partial charge in [0.15, 0.2) is 0 Å². The zero-order valence-electron chi connectivity index (χ0n) is 14.7. The van der Waals surface area contributed by atoms with Crippen molar-refractivity contribution >= 4 is 5.69 Å². The van der Waals surface area contributed by atoms with Gasteiger partial charge in [-0.1, -0.05) is 24.3 Å². The highest BCUT2D eigenvalue weighted by Crippen LogP contribution is 2.25. The monoisotopic (exact) mass is 329 g/mol. The molecule has 130 valence electrons. The lowest BCUT2D eigenvalue weighted by molar-refractivity contribution is 0.110. The summed E-state index contributed by atoms with van der Waals surface area (Å²) in [7, 11) is 0. The van der Waals surface area contributed by atoms with Gasteiger partial charge in [-0.2, -0.15) is 0 Å². The Morgan fingerprint density at radius 1 is 0.958 bits per heavy atom. The second-order valence-electron chi connectivity index (χ2n) is 5.71. The number of para-hydroxylation sites is 2. The molecule has 24 heavy (non-hydrogen) atoms. The van der Waals surface area contributed by atoms with Crippen LogP contribution in [0.3, 0.4) is 0 Å². The molecule has 2 rings (SSSR count). The molecule has 0 aliphatic carbocycles. The SMILES string of the molecule is CCOCCOc1ccc(CNc2ccccc2OC(C)C)cc1. The Hall–Kier alpha value is -2.20. The Morgan fingerprint density at radius 3 is 2.42 bits per heavy atom. The largest absolute Gasteiger partial charge is 0.491 e. The van der Waals surface area contributed by atoms with E-state index in [4.69, 9.17) is 14.2 Å². The number of nitrogens with one attached hydrogen (secondary N) is 1. The first-order valence-electron chi connectivity index (χ1n) is 8.48. The first-order valence-corrected chi connectivity index (χ1v) is 8.48. The minimum Gasteiger partial charge on any atom is -0.491 e. The average molecular weight is 329 g/mol. The quantitative estimate of drug-likeness (QED) is 0.651. The topological polar surface area (TPSA) is 39.7 Å². The lowest BCUT2D eigenvalue weighted by Gasteiger charge is -2.15. The van der Waals surface area contributed by atoms with E-state index < -0.39 is 0 Å². The van der Waals surface area contributed by atoms with Gasteiger partial charge in [-0.15, -0.1) is 0 Å². The van der Waals surface area contributed by atoms with Crippen LogP contribution in [0.5, 0.6) is 11.5 Å². The van der Waals surface area contributed by atoms with Crippen LogP contribution in [0.1, 0.15) is 26.3 Å². The van der Waals surface area contributed by atoms with E-state index in [0.717, 1.165) is 30.3 Å². The van der Waals surface area contributed by atoms with Gasteiger partial charge in [0.1, 0.15) is 18.1 Å². The van der Waals surface area contributed by atoms with E-state index in [1.165, 1.54) is 5.56 Å². The molecule has 0 spiro atoms. The van der Waals surface area contributed by atoms with Crippen LogP contribution in [0.2, 0.25) is 0 Å². The molecule has 0 heterocycles. The van der Waals surface area contributed by atoms with E-state index in [2.05, 4.69) is 17.4 Å². The third kappa shape index (κ3) is 6.13. The van der Waals surface area contributed by atoms with Crippen molar-refractivity contribution in [3.63, 3.8) is 0 Å². The molecule has 0 atom stereocenters. The van der Waals surface area contributed by atoms with Crippen LogP contribution in [-0.4, -0.2) is 25.9 Å². The fourth-order valence-electron chi connectivity index (χ4n) is 2.23. The number of rotatable bonds is 10. The highest BCUT2D eigenvalue weighted by molar-refractivity contribution is 5.56. The number of hydrogen-bond acceptors (Lipinski definition) is 4. The van der Waals surface area contributed by atoms with Crippen molar-refractivity contribution in [2.75, 3.05) is 25.1 Å². The second kappa shape index (κ2) is 9.83. The highest BCUT2D eigenvalue weighted by Gasteiger charge is 2.04. The molecule has 4 heteroatoms. The van der Waals surface area contributed by atoms with Crippen molar-refractivity contribution in [2.24, 2.45) is 0 Å². The molecule has 0 aromatic heterocycles. The summed E-state index contributed by atoms with van der Waals surface area (Å²) in [5.41, 5.74) is 2.19. The molecule has 4 nitrogen and oxygen atoms in total. The van der Waals surface area contributed by atoms with Crippen molar-refractivity contribution in [3.05, 3.63) is 54.1 Å². The first kappa shape index (κ1) is 18.1. The molecule has 0 fully saturated rings. The van der Waals surface area contributed by atoms with E-state index in [-0.39, 0.29) is 6.10 Å². The zero-order chi connectivity index (χ0) is 17.2. The minimum atomic E-state index is 0.154. The second-order valence-corrected chi connectivity index (χ2v) is 5.71. The van der Waals surface area contributed by atoms with Crippen LogP contribution in [0.4, 0.5) is 5.69 Å². The average Bonchev–Trinajstić information content (AvgIpc) is 2.58. The van der Waals surface area contributed by atoms with E-state index in [9.17, 15) is 0 Å². The Labute approximate surface area is 144 Å². The Kier molecular flexibility index (Phi) is 7.43. The molecule has 0 amide bonds. The minimum absolute atomic E-state index is 0.154. The number of anilines is 1. The maximum absolute atomic E-state index is 5.82. The van der Waals surface area contributed by atoms with Gasteiger partial charge >= 0.3 is 0 Å². The first-order chi connectivity index (χ1) is 11.7. The summed E-state index contributed by atoms with van der Waals surface area (Å²) in [6.45, 7) is 8.68. The molecule has 0 bridgehead atoms.